The Morgan fingerprint density at radius 2 is 1.86 bits per heavy atom. The molecular weight excluding hydrogens is 276 g/mol. The van der Waals surface area contributed by atoms with Gasteiger partial charge in [-0.1, -0.05) is 44.2 Å². The Balaban J connectivity index is 2.07. The molecule has 0 bridgehead atoms. The van der Waals surface area contributed by atoms with E-state index < -0.39 is 0 Å². The Morgan fingerprint density at radius 1 is 1.14 bits per heavy atom. The number of furan rings is 1. The van der Waals surface area contributed by atoms with Crippen LogP contribution < -0.4 is 5.32 Å². The van der Waals surface area contributed by atoms with E-state index in [4.69, 9.17) is 4.42 Å². The van der Waals surface area contributed by atoms with Crippen molar-refractivity contribution < 1.29 is 9.21 Å². The molecule has 1 amide bonds. The number of amides is 1. The van der Waals surface area contributed by atoms with E-state index in [2.05, 4.69) is 5.32 Å². The highest BCUT2D eigenvalue weighted by Crippen LogP contribution is 2.13. The van der Waals surface area contributed by atoms with E-state index in [0.29, 0.717) is 19.6 Å². The van der Waals surface area contributed by atoms with Crippen LogP contribution in [0.15, 0.2) is 46.9 Å². The smallest absolute Gasteiger partial charge is 0.237 e. The van der Waals surface area contributed by atoms with Gasteiger partial charge in [-0.3, -0.25) is 4.79 Å². The van der Waals surface area contributed by atoms with E-state index in [-0.39, 0.29) is 11.9 Å². The quantitative estimate of drug-likeness (QED) is 0.854. The highest BCUT2D eigenvalue weighted by Gasteiger charge is 2.16. The molecule has 0 spiro atoms. The second-order valence-electron chi connectivity index (χ2n) is 5.78. The van der Waals surface area contributed by atoms with Gasteiger partial charge in [0.25, 0.3) is 0 Å². The summed E-state index contributed by atoms with van der Waals surface area (Å²) in [5.41, 5.74) is 1.11. The minimum absolute atomic E-state index is 0.0756. The molecule has 1 aromatic carbocycles. The maximum absolute atomic E-state index is 12.5. The summed E-state index contributed by atoms with van der Waals surface area (Å²) in [7, 11) is 0. The van der Waals surface area contributed by atoms with Gasteiger partial charge in [-0.25, -0.2) is 0 Å². The first kappa shape index (κ1) is 16.3. The summed E-state index contributed by atoms with van der Waals surface area (Å²) in [6, 6.07) is 14.2. The second kappa shape index (κ2) is 7.80. The third-order valence-electron chi connectivity index (χ3n) is 3.37. The van der Waals surface area contributed by atoms with Gasteiger partial charge in [0.2, 0.25) is 5.91 Å². The molecular formula is C18H24N2O2. The second-order valence-corrected chi connectivity index (χ2v) is 5.78. The number of benzene rings is 1. The molecule has 2 rings (SSSR count). The van der Waals surface area contributed by atoms with Crippen LogP contribution in [0.5, 0.6) is 0 Å². The lowest BCUT2D eigenvalue weighted by Crippen LogP contribution is -2.39. The number of aryl methyl sites for hydroxylation is 1. The summed E-state index contributed by atoms with van der Waals surface area (Å²) in [6.07, 6.45) is 0. The lowest BCUT2D eigenvalue weighted by atomic mass is 10.2. The van der Waals surface area contributed by atoms with Gasteiger partial charge in [-0.15, -0.1) is 0 Å². The van der Waals surface area contributed by atoms with E-state index >= 15 is 0 Å². The highest BCUT2D eigenvalue weighted by atomic mass is 16.3. The van der Waals surface area contributed by atoms with Crippen molar-refractivity contribution in [3.05, 3.63) is 59.5 Å². The minimum Gasteiger partial charge on any atom is -0.464 e. The number of hydrogen-bond donors (Lipinski definition) is 1. The Kier molecular flexibility index (Phi) is 5.78. The summed E-state index contributed by atoms with van der Waals surface area (Å²) in [5, 5.41) is 3.18. The van der Waals surface area contributed by atoms with Crippen LogP contribution in [0.2, 0.25) is 0 Å². The lowest BCUT2D eigenvalue weighted by Gasteiger charge is -2.23. The van der Waals surface area contributed by atoms with Crippen LogP contribution in [0.25, 0.3) is 0 Å². The SMILES string of the molecule is Cc1ccc(CN(Cc2ccccc2)C(=O)CNC(C)C)o1. The zero-order valence-corrected chi connectivity index (χ0v) is 13.5. The molecule has 0 unspecified atom stereocenters. The van der Waals surface area contributed by atoms with Crippen molar-refractivity contribution >= 4 is 5.91 Å². The molecule has 0 atom stereocenters. The number of carbonyl (C=O) groups is 1. The van der Waals surface area contributed by atoms with E-state index in [1.165, 1.54) is 0 Å². The van der Waals surface area contributed by atoms with Crippen LogP contribution in [0.1, 0.15) is 30.9 Å². The van der Waals surface area contributed by atoms with Crippen molar-refractivity contribution in [3.63, 3.8) is 0 Å². The lowest BCUT2D eigenvalue weighted by molar-refractivity contribution is -0.131. The first-order valence-corrected chi connectivity index (χ1v) is 7.65. The Labute approximate surface area is 132 Å². The maximum atomic E-state index is 12.5. The molecule has 0 aliphatic carbocycles. The van der Waals surface area contributed by atoms with Crippen molar-refractivity contribution in [2.24, 2.45) is 0 Å². The van der Waals surface area contributed by atoms with E-state index in [0.717, 1.165) is 17.1 Å². The number of carbonyl (C=O) groups excluding carboxylic acids is 1. The van der Waals surface area contributed by atoms with Gasteiger partial charge < -0.3 is 14.6 Å². The monoisotopic (exact) mass is 300 g/mol. The molecule has 0 radical (unpaired) electrons. The van der Waals surface area contributed by atoms with Crippen molar-refractivity contribution in [3.8, 4) is 0 Å². The molecule has 2 aromatic rings. The largest absolute Gasteiger partial charge is 0.464 e. The Hall–Kier alpha value is -2.07. The molecule has 1 N–H and O–H groups in total. The average Bonchev–Trinajstić information content (AvgIpc) is 2.90. The molecule has 0 saturated carbocycles. The van der Waals surface area contributed by atoms with Gasteiger partial charge in [-0.2, -0.15) is 0 Å². The van der Waals surface area contributed by atoms with E-state index in [9.17, 15) is 4.79 Å². The third kappa shape index (κ3) is 5.04. The van der Waals surface area contributed by atoms with Crippen LogP contribution in [0.4, 0.5) is 0 Å². The Morgan fingerprint density at radius 3 is 2.45 bits per heavy atom. The fourth-order valence-electron chi connectivity index (χ4n) is 2.20. The van der Waals surface area contributed by atoms with Crippen molar-refractivity contribution in [1.29, 1.82) is 0 Å². The van der Waals surface area contributed by atoms with Crippen LogP contribution in [-0.2, 0) is 17.9 Å². The summed E-state index contributed by atoms with van der Waals surface area (Å²) in [4.78, 5) is 14.3. The van der Waals surface area contributed by atoms with Crippen LogP contribution in [0.3, 0.4) is 0 Å². The molecule has 22 heavy (non-hydrogen) atoms. The van der Waals surface area contributed by atoms with Crippen LogP contribution in [-0.4, -0.2) is 23.4 Å². The normalized spacial score (nSPS) is 10.9. The van der Waals surface area contributed by atoms with Gasteiger partial charge >= 0.3 is 0 Å². The third-order valence-corrected chi connectivity index (χ3v) is 3.37. The molecule has 1 heterocycles. The fourth-order valence-corrected chi connectivity index (χ4v) is 2.20. The minimum atomic E-state index is 0.0756. The zero-order chi connectivity index (χ0) is 15.9. The summed E-state index contributed by atoms with van der Waals surface area (Å²) >= 11 is 0. The number of hydrogen-bond acceptors (Lipinski definition) is 3. The predicted octanol–water partition coefficient (Wildman–Crippen LogP) is 3.11. The van der Waals surface area contributed by atoms with Gasteiger partial charge in [0.15, 0.2) is 0 Å². The van der Waals surface area contributed by atoms with Gasteiger partial charge in [-0.05, 0) is 24.6 Å². The molecule has 1 aromatic heterocycles. The zero-order valence-electron chi connectivity index (χ0n) is 13.5. The molecule has 0 saturated heterocycles. The number of rotatable bonds is 7. The summed E-state index contributed by atoms with van der Waals surface area (Å²) < 4.78 is 5.61. The number of nitrogens with zero attached hydrogens (tertiary/aromatic N) is 1. The van der Waals surface area contributed by atoms with Crippen LogP contribution in [0, 0.1) is 6.92 Å². The molecule has 4 heteroatoms. The van der Waals surface area contributed by atoms with Gasteiger partial charge in [0, 0.05) is 12.6 Å². The van der Waals surface area contributed by atoms with Gasteiger partial charge in [0.1, 0.15) is 11.5 Å². The Bertz CT molecular complexity index is 590. The number of nitrogens with one attached hydrogen (secondary N) is 1. The van der Waals surface area contributed by atoms with Crippen molar-refractivity contribution in [2.75, 3.05) is 6.54 Å². The maximum Gasteiger partial charge on any atom is 0.237 e. The standard InChI is InChI=1S/C18H24N2O2/c1-14(2)19-11-18(21)20(12-16-7-5-4-6-8-16)13-17-10-9-15(3)22-17/h4-10,14,19H,11-13H2,1-3H3. The van der Waals surface area contributed by atoms with E-state index in [1.807, 2.05) is 68.1 Å². The van der Waals surface area contributed by atoms with Crippen molar-refractivity contribution in [1.82, 2.24) is 10.2 Å². The molecule has 118 valence electrons. The summed E-state index contributed by atoms with van der Waals surface area (Å²) in [6.45, 7) is 7.38. The summed E-state index contributed by atoms with van der Waals surface area (Å²) in [5.74, 6) is 1.75. The predicted molar refractivity (Wildman–Crippen MR) is 87.3 cm³/mol. The first-order valence-electron chi connectivity index (χ1n) is 7.65. The van der Waals surface area contributed by atoms with Crippen molar-refractivity contribution in [2.45, 2.75) is 39.9 Å². The van der Waals surface area contributed by atoms with Crippen LogP contribution >= 0.6 is 0 Å². The van der Waals surface area contributed by atoms with Gasteiger partial charge in [0.05, 0.1) is 13.1 Å². The molecule has 0 aliphatic heterocycles. The highest BCUT2D eigenvalue weighted by molar-refractivity contribution is 5.78. The molecule has 4 nitrogen and oxygen atoms in total. The first-order chi connectivity index (χ1) is 10.5. The average molecular weight is 300 g/mol. The fraction of sp³-hybridized carbons (Fsp3) is 0.389. The molecule has 0 fully saturated rings. The van der Waals surface area contributed by atoms with E-state index in [1.54, 1.807) is 0 Å². The molecule has 0 aliphatic rings. The topological polar surface area (TPSA) is 45.5 Å².